The molecule has 33 heavy (non-hydrogen) atoms. The van der Waals surface area contributed by atoms with Gasteiger partial charge in [0.2, 0.25) is 0 Å². The molecule has 3 aromatic heterocycles. The number of pyridine rings is 2. The summed E-state index contributed by atoms with van der Waals surface area (Å²) < 4.78 is 31.5. The van der Waals surface area contributed by atoms with Crippen molar-refractivity contribution in [2.75, 3.05) is 6.54 Å². The van der Waals surface area contributed by atoms with Crippen molar-refractivity contribution in [1.29, 1.82) is 0 Å². The number of hydrogen-bond acceptors (Lipinski definition) is 5. The summed E-state index contributed by atoms with van der Waals surface area (Å²) in [5.74, 6) is -0.0796. The van der Waals surface area contributed by atoms with Gasteiger partial charge in [-0.1, -0.05) is 6.07 Å². The zero-order valence-electron chi connectivity index (χ0n) is 18.1. The van der Waals surface area contributed by atoms with Gasteiger partial charge in [-0.05, 0) is 43.7 Å². The van der Waals surface area contributed by atoms with Gasteiger partial charge in [0.25, 0.3) is 5.91 Å². The maximum atomic E-state index is 13.3. The van der Waals surface area contributed by atoms with Crippen LogP contribution in [0.3, 0.4) is 0 Å². The zero-order valence-corrected chi connectivity index (χ0v) is 18.1. The molecule has 0 radical (unpaired) electrons. The second-order valence-electron chi connectivity index (χ2n) is 7.96. The van der Waals surface area contributed by atoms with Gasteiger partial charge < -0.3 is 9.64 Å². The third-order valence-corrected chi connectivity index (χ3v) is 5.96. The van der Waals surface area contributed by atoms with Gasteiger partial charge in [0, 0.05) is 48.1 Å². The number of fused-ring (bicyclic) bond motifs is 2. The molecule has 0 unspecified atom stereocenters. The van der Waals surface area contributed by atoms with Gasteiger partial charge >= 0.3 is 6.61 Å². The van der Waals surface area contributed by atoms with Crippen LogP contribution in [0, 0.1) is 0 Å². The lowest BCUT2D eigenvalue weighted by molar-refractivity contribution is -0.0500. The number of aryl methyl sites for hydroxylation is 1. The molecular weight excluding hydrogens is 428 g/mol. The highest BCUT2D eigenvalue weighted by Gasteiger charge is 2.33. The number of aromatic nitrogens is 4. The SMILES string of the molecule is C[C@H]1c2nn(C)c(-c3cncc(OC(F)F)c3)c2CCN1C(=O)c1ccc2ncccc2c1. The number of alkyl halides is 2. The highest BCUT2D eigenvalue weighted by Crippen LogP contribution is 2.36. The third kappa shape index (κ3) is 3.79. The quantitative estimate of drug-likeness (QED) is 0.462. The van der Waals surface area contributed by atoms with Crippen molar-refractivity contribution in [3.8, 4) is 17.0 Å². The molecule has 0 saturated heterocycles. The smallest absolute Gasteiger partial charge is 0.387 e. The normalized spacial score (nSPS) is 15.7. The fourth-order valence-corrected chi connectivity index (χ4v) is 4.47. The lowest BCUT2D eigenvalue weighted by Crippen LogP contribution is -2.38. The Kier molecular flexibility index (Phi) is 5.24. The monoisotopic (exact) mass is 449 g/mol. The Bertz CT molecular complexity index is 1350. The van der Waals surface area contributed by atoms with Crippen molar-refractivity contribution in [1.82, 2.24) is 24.6 Å². The summed E-state index contributed by atoms with van der Waals surface area (Å²) in [6.45, 7) is -0.464. The lowest BCUT2D eigenvalue weighted by atomic mass is 9.95. The average molecular weight is 449 g/mol. The maximum absolute atomic E-state index is 13.3. The fraction of sp³-hybridized carbons (Fsp3) is 0.250. The molecule has 1 aliphatic rings. The predicted octanol–water partition coefficient (Wildman–Crippen LogP) is 4.39. The standard InChI is InChI=1S/C24H21F2N5O2/c1-14-21-19(22(30(2)29-21)17-11-18(13-27-12-17)33-24(25)26)7-9-31(14)23(32)16-5-6-20-15(10-16)4-3-8-28-20/h3-6,8,10-14,24H,7,9H2,1-2H3/t14-/m0/s1. The lowest BCUT2D eigenvalue weighted by Gasteiger charge is -2.33. The Morgan fingerprint density at radius 3 is 2.88 bits per heavy atom. The van der Waals surface area contributed by atoms with Gasteiger partial charge in [-0.2, -0.15) is 13.9 Å². The first-order chi connectivity index (χ1) is 15.9. The van der Waals surface area contributed by atoms with Gasteiger partial charge in [-0.3, -0.25) is 19.4 Å². The van der Waals surface area contributed by atoms with Gasteiger partial charge in [0.1, 0.15) is 5.75 Å². The Morgan fingerprint density at radius 2 is 2.06 bits per heavy atom. The molecule has 7 nitrogen and oxygen atoms in total. The Morgan fingerprint density at radius 1 is 1.21 bits per heavy atom. The van der Waals surface area contributed by atoms with E-state index < -0.39 is 6.61 Å². The molecule has 9 heteroatoms. The summed E-state index contributed by atoms with van der Waals surface area (Å²) in [7, 11) is 1.80. The maximum Gasteiger partial charge on any atom is 0.387 e. The Balaban J connectivity index is 1.46. The minimum absolute atomic E-state index is 0.0103. The second kappa shape index (κ2) is 8.23. The van der Waals surface area contributed by atoms with Crippen molar-refractivity contribution < 1.29 is 18.3 Å². The highest BCUT2D eigenvalue weighted by atomic mass is 19.3. The van der Waals surface area contributed by atoms with Crippen molar-refractivity contribution in [2.45, 2.75) is 26.0 Å². The number of rotatable bonds is 4. The summed E-state index contributed by atoms with van der Waals surface area (Å²) in [5, 5.41) is 5.58. The van der Waals surface area contributed by atoms with E-state index in [0.717, 1.165) is 27.9 Å². The van der Waals surface area contributed by atoms with Crippen LogP contribution in [0.1, 0.15) is 34.6 Å². The van der Waals surface area contributed by atoms with Crippen LogP contribution in [0.25, 0.3) is 22.2 Å². The molecule has 5 rings (SSSR count). The largest absolute Gasteiger partial charge is 0.433 e. The van der Waals surface area contributed by atoms with Crippen LogP contribution < -0.4 is 4.74 Å². The van der Waals surface area contributed by atoms with Crippen molar-refractivity contribution >= 4 is 16.8 Å². The van der Waals surface area contributed by atoms with E-state index in [0.29, 0.717) is 24.1 Å². The molecule has 0 aliphatic carbocycles. The summed E-state index contributed by atoms with van der Waals surface area (Å²) in [5.41, 5.74) is 4.63. The molecule has 4 heterocycles. The molecule has 0 fully saturated rings. The van der Waals surface area contributed by atoms with E-state index >= 15 is 0 Å². The summed E-state index contributed by atoms with van der Waals surface area (Å²) in [6.07, 6.45) is 5.16. The van der Waals surface area contributed by atoms with E-state index in [1.807, 2.05) is 36.1 Å². The van der Waals surface area contributed by atoms with Crippen LogP contribution in [0.4, 0.5) is 8.78 Å². The van der Waals surface area contributed by atoms with Crippen molar-refractivity contribution in [2.24, 2.45) is 7.05 Å². The molecule has 168 valence electrons. The van der Waals surface area contributed by atoms with Gasteiger partial charge in [-0.15, -0.1) is 0 Å². The predicted molar refractivity (Wildman–Crippen MR) is 118 cm³/mol. The van der Waals surface area contributed by atoms with E-state index in [-0.39, 0.29) is 17.7 Å². The van der Waals surface area contributed by atoms with Crippen LogP contribution in [-0.2, 0) is 13.5 Å². The number of hydrogen-bond donors (Lipinski definition) is 0. The van der Waals surface area contributed by atoms with Crippen molar-refractivity contribution in [3.63, 3.8) is 0 Å². The van der Waals surface area contributed by atoms with Crippen LogP contribution >= 0.6 is 0 Å². The molecule has 0 N–H and O–H groups in total. The summed E-state index contributed by atoms with van der Waals surface area (Å²) in [4.78, 5) is 23.5. The number of ether oxygens (including phenoxy) is 1. The minimum Gasteiger partial charge on any atom is -0.433 e. The first-order valence-corrected chi connectivity index (χ1v) is 10.5. The highest BCUT2D eigenvalue weighted by molar-refractivity contribution is 5.98. The van der Waals surface area contributed by atoms with Gasteiger partial charge in [0.15, 0.2) is 0 Å². The second-order valence-corrected chi connectivity index (χ2v) is 7.96. The number of benzene rings is 1. The topological polar surface area (TPSA) is 73.1 Å². The molecule has 0 bridgehead atoms. The van der Waals surface area contributed by atoms with Gasteiger partial charge in [0.05, 0.1) is 29.1 Å². The molecule has 0 saturated carbocycles. The Labute approximate surface area is 188 Å². The zero-order chi connectivity index (χ0) is 23.1. The Hall–Kier alpha value is -3.88. The average Bonchev–Trinajstić information content (AvgIpc) is 3.15. The van der Waals surface area contributed by atoms with E-state index in [1.165, 1.54) is 12.3 Å². The molecular formula is C24H21F2N5O2. The molecule has 1 aliphatic heterocycles. The van der Waals surface area contributed by atoms with E-state index in [9.17, 15) is 13.6 Å². The number of halogens is 2. The molecule has 1 aromatic carbocycles. The van der Waals surface area contributed by atoms with Gasteiger partial charge in [-0.25, -0.2) is 0 Å². The molecule has 1 amide bonds. The first kappa shape index (κ1) is 21.0. The molecule has 4 aromatic rings. The van der Waals surface area contributed by atoms with Crippen molar-refractivity contribution in [3.05, 3.63) is 71.8 Å². The van der Waals surface area contributed by atoms with E-state index in [2.05, 4.69) is 19.8 Å². The summed E-state index contributed by atoms with van der Waals surface area (Å²) in [6, 6.07) is 10.6. The number of amides is 1. The van der Waals surface area contributed by atoms with Crippen LogP contribution in [0.2, 0.25) is 0 Å². The van der Waals surface area contributed by atoms with E-state index in [1.54, 1.807) is 30.2 Å². The number of carbonyl (C=O) groups is 1. The molecule has 0 spiro atoms. The number of carbonyl (C=O) groups excluding carboxylic acids is 1. The summed E-state index contributed by atoms with van der Waals surface area (Å²) >= 11 is 0. The molecule has 1 atom stereocenters. The number of nitrogens with zero attached hydrogens (tertiary/aromatic N) is 5. The minimum atomic E-state index is -2.92. The first-order valence-electron chi connectivity index (χ1n) is 10.5. The van der Waals surface area contributed by atoms with Crippen LogP contribution in [0.5, 0.6) is 5.75 Å². The van der Waals surface area contributed by atoms with Crippen LogP contribution in [0.15, 0.2) is 55.0 Å². The van der Waals surface area contributed by atoms with Crippen LogP contribution in [-0.4, -0.2) is 43.7 Å². The third-order valence-electron chi connectivity index (χ3n) is 5.96. The fourth-order valence-electron chi connectivity index (χ4n) is 4.47. The van der Waals surface area contributed by atoms with E-state index in [4.69, 9.17) is 0 Å².